The molecule has 0 bridgehead atoms. The van der Waals surface area contributed by atoms with Gasteiger partial charge in [0.05, 0.1) is 17.1 Å². The zero-order valence-electron chi connectivity index (χ0n) is 20.3. The van der Waals surface area contributed by atoms with E-state index in [-0.39, 0.29) is 42.8 Å². The molecule has 1 aromatic heterocycles. The van der Waals surface area contributed by atoms with Gasteiger partial charge in [-0.15, -0.1) is 0 Å². The van der Waals surface area contributed by atoms with Crippen LogP contribution in [0.1, 0.15) is 38.5 Å². The van der Waals surface area contributed by atoms with Crippen molar-refractivity contribution in [2.24, 2.45) is 11.7 Å². The minimum Gasteiger partial charge on any atom is -0.342 e. The standard InChI is InChI=1S/C25H33F3N6O2/c26-17-6-11-33(14-20(17)29)25-30-21-12-18(27)19(28)13-22(21)34(25)15-23(35)31-9-4-16(5-10-31)24(36)32-7-2-1-3-8-32/h12-13,16-17,20H,1-11,14-15,29H2/t17-,20-/m1/s1. The predicted octanol–water partition coefficient (Wildman–Crippen LogP) is 2.44. The quantitative estimate of drug-likeness (QED) is 0.689. The highest BCUT2D eigenvalue weighted by atomic mass is 19.2. The van der Waals surface area contributed by atoms with Crippen LogP contribution in [-0.4, -0.2) is 82.6 Å². The van der Waals surface area contributed by atoms with Gasteiger partial charge in [0.2, 0.25) is 17.8 Å². The lowest BCUT2D eigenvalue weighted by Gasteiger charge is -2.36. The van der Waals surface area contributed by atoms with Gasteiger partial charge in [0, 0.05) is 57.3 Å². The van der Waals surface area contributed by atoms with E-state index in [2.05, 4.69) is 4.98 Å². The topological polar surface area (TPSA) is 87.7 Å². The zero-order chi connectivity index (χ0) is 25.4. The summed E-state index contributed by atoms with van der Waals surface area (Å²) in [7, 11) is 0. The van der Waals surface area contributed by atoms with Gasteiger partial charge in [-0.2, -0.15) is 0 Å². The van der Waals surface area contributed by atoms with Crippen molar-refractivity contribution < 1.29 is 22.8 Å². The Balaban J connectivity index is 1.32. The molecule has 0 saturated carbocycles. The molecule has 36 heavy (non-hydrogen) atoms. The molecule has 11 heteroatoms. The van der Waals surface area contributed by atoms with Crippen LogP contribution < -0.4 is 10.6 Å². The number of imidazole rings is 1. The van der Waals surface area contributed by atoms with Gasteiger partial charge in [-0.1, -0.05) is 0 Å². The van der Waals surface area contributed by atoms with Crippen LogP contribution in [0.15, 0.2) is 12.1 Å². The number of fused-ring (bicyclic) bond motifs is 1. The monoisotopic (exact) mass is 506 g/mol. The first-order valence-corrected chi connectivity index (χ1v) is 12.9. The number of benzene rings is 1. The number of hydrogen-bond donors (Lipinski definition) is 1. The number of amides is 2. The molecule has 196 valence electrons. The summed E-state index contributed by atoms with van der Waals surface area (Å²) in [5.74, 6) is -1.77. The fourth-order valence-corrected chi connectivity index (χ4v) is 5.62. The fraction of sp³-hybridized carbons (Fsp3) is 0.640. The number of nitrogens with two attached hydrogens (primary N) is 1. The number of alkyl halides is 1. The summed E-state index contributed by atoms with van der Waals surface area (Å²) in [6, 6.07) is 1.33. The number of aromatic nitrogens is 2. The molecule has 2 amide bonds. The van der Waals surface area contributed by atoms with Crippen molar-refractivity contribution in [1.82, 2.24) is 19.4 Å². The molecule has 0 radical (unpaired) electrons. The van der Waals surface area contributed by atoms with E-state index in [9.17, 15) is 22.8 Å². The summed E-state index contributed by atoms with van der Waals surface area (Å²) >= 11 is 0. The molecular weight excluding hydrogens is 473 g/mol. The lowest BCUT2D eigenvalue weighted by molar-refractivity contribution is -0.141. The minimum absolute atomic E-state index is 0.0719. The zero-order valence-corrected chi connectivity index (χ0v) is 20.3. The Morgan fingerprint density at radius 2 is 1.64 bits per heavy atom. The Morgan fingerprint density at radius 1 is 0.944 bits per heavy atom. The number of piperidine rings is 3. The molecule has 2 aromatic rings. The lowest BCUT2D eigenvalue weighted by Crippen LogP contribution is -2.50. The van der Waals surface area contributed by atoms with E-state index in [1.807, 2.05) is 4.90 Å². The maximum atomic E-state index is 14.1. The highest BCUT2D eigenvalue weighted by Crippen LogP contribution is 2.28. The van der Waals surface area contributed by atoms with Gasteiger partial charge in [-0.3, -0.25) is 9.59 Å². The third kappa shape index (κ3) is 4.89. The predicted molar refractivity (Wildman–Crippen MR) is 129 cm³/mol. The molecule has 5 rings (SSSR count). The van der Waals surface area contributed by atoms with Gasteiger partial charge in [0.25, 0.3) is 0 Å². The largest absolute Gasteiger partial charge is 0.342 e. The molecule has 0 aliphatic carbocycles. The summed E-state index contributed by atoms with van der Waals surface area (Å²) < 4.78 is 43.6. The van der Waals surface area contributed by atoms with Gasteiger partial charge >= 0.3 is 0 Å². The molecule has 3 aliphatic heterocycles. The molecule has 4 heterocycles. The van der Waals surface area contributed by atoms with Crippen LogP contribution >= 0.6 is 0 Å². The van der Waals surface area contributed by atoms with E-state index in [1.165, 1.54) is 0 Å². The van der Waals surface area contributed by atoms with Crippen LogP contribution in [-0.2, 0) is 16.1 Å². The van der Waals surface area contributed by atoms with Crippen molar-refractivity contribution in [1.29, 1.82) is 0 Å². The summed E-state index contributed by atoms with van der Waals surface area (Å²) in [5.41, 5.74) is 6.44. The van der Waals surface area contributed by atoms with Crippen molar-refractivity contribution in [3.63, 3.8) is 0 Å². The van der Waals surface area contributed by atoms with Crippen molar-refractivity contribution in [3.8, 4) is 0 Å². The van der Waals surface area contributed by atoms with Crippen molar-refractivity contribution >= 4 is 28.8 Å². The van der Waals surface area contributed by atoms with Crippen LogP contribution in [0.2, 0.25) is 0 Å². The lowest BCUT2D eigenvalue weighted by atomic mass is 9.94. The van der Waals surface area contributed by atoms with Gasteiger partial charge < -0.3 is 25.0 Å². The maximum absolute atomic E-state index is 14.1. The summed E-state index contributed by atoms with van der Waals surface area (Å²) in [4.78, 5) is 36.1. The second-order valence-corrected chi connectivity index (χ2v) is 10.2. The van der Waals surface area contributed by atoms with E-state index in [1.54, 1.807) is 14.4 Å². The molecule has 2 atom stereocenters. The number of likely N-dealkylation sites (tertiary alicyclic amines) is 2. The van der Waals surface area contributed by atoms with Gasteiger partial charge in [0.1, 0.15) is 12.7 Å². The van der Waals surface area contributed by atoms with E-state index >= 15 is 0 Å². The molecule has 8 nitrogen and oxygen atoms in total. The smallest absolute Gasteiger partial charge is 0.242 e. The highest BCUT2D eigenvalue weighted by Gasteiger charge is 2.33. The molecule has 1 aromatic carbocycles. The Labute approximate surface area is 208 Å². The third-order valence-electron chi connectivity index (χ3n) is 7.78. The Bertz CT molecular complexity index is 1130. The van der Waals surface area contributed by atoms with E-state index in [0.717, 1.165) is 44.5 Å². The van der Waals surface area contributed by atoms with Crippen LogP contribution in [0.25, 0.3) is 11.0 Å². The maximum Gasteiger partial charge on any atom is 0.242 e. The van der Waals surface area contributed by atoms with Crippen LogP contribution in [0, 0.1) is 17.6 Å². The summed E-state index contributed by atoms with van der Waals surface area (Å²) in [5, 5.41) is 0. The Hall–Kier alpha value is -2.82. The Morgan fingerprint density at radius 3 is 2.33 bits per heavy atom. The number of anilines is 1. The number of rotatable bonds is 4. The van der Waals surface area contributed by atoms with Crippen molar-refractivity contribution in [2.75, 3.05) is 44.2 Å². The second-order valence-electron chi connectivity index (χ2n) is 10.2. The molecule has 3 aliphatic rings. The molecule has 0 unspecified atom stereocenters. The molecular formula is C25H33F3N6O2. The number of hydrogen-bond acceptors (Lipinski definition) is 5. The average molecular weight is 507 g/mol. The molecule has 2 N–H and O–H groups in total. The number of halogens is 3. The fourth-order valence-electron chi connectivity index (χ4n) is 5.62. The van der Waals surface area contributed by atoms with Gasteiger partial charge in [-0.05, 0) is 38.5 Å². The summed E-state index contributed by atoms with van der Waals surface area (Å²) in [6.45, 7) is 2.96. The van der Waals surface area contributed by atoms with Crippen LogP contribution in [0.5, 0.6) is 0 Å². The second kappa shape index (κ2) is 10.3. The number of carbonyl (C=O) groups is 2. The SMILES string of the molecule is N[C@@H]1CN(c2nc3cc(F)c(F)cc3n2CC(=O)N2CCC(C(=O)N3CCCCC3)CC2)CC[C@H]1F. The van der Waals surface area contributed by atoms with E-state index < -0.39 is 23.8 Å². The normalized spacial score (nSPS) is 23.9. The molecule has 3 saturated heterocycles. The number of nitrogens with zero attached hydrogens (tertiary/aromatic N) is 5. The van der Waals surface area contributed by atoms with Crippen LogP contribution in [0.3, 0.4) is 0 Å². The number of carbonyl (C=O) groups excluding carboxylic acids is 2. The van der Waals surface area contributed by atoms with Gasteiger partial charge in [-0.25, -0.2) is 18.2 Å². The van der Waals surface area contributed by atoms with E-state index in [4.69, 9.17) is 5.73 Å². The van der Waals surface area contributed by atoms with Gasteiger partial charge in [0.15, 0.2) is 11.6 Å². The summed E-state index contributed by atoms with van der Waals surface area (Å²) in [6.07, 6.45) is 3.54. The van der Waals surface area contributed by atoms with Crippen molar-refractivity contribution in [3.05, 3.63) is 23.8 Å². The van der Waals surface area contributed by atoms with Crippen molar-refractivity contribution in [2.45, 2.75) is 57.3 Å². The third-order valence-corrected chi connectivity index (χ3v) is 7.78. The molecule has 3 fully saturated rings. The Kier molecular flexibility index (Phi) is 7.09. The first kappa shape index (κ1) is 24.9. The highest BCUT2D eigenvalue weighted by molar-refractivity contribution is 5.84. The first-order chi connectivity index (χ1) is 17.3. The first-order valence-electron chi connectivity index (χ1n) is 12.9. The van der Waals surface area contributed by atoms with Crippen LogP contribution in [0.4, 0.5) is 19.1 Å². The molecule has 0 spiro atoms. The minimum atomic E-state index is -1.13. The average Bonchev–Trinajstić information content (AvgIpc) is 3.22. The van der Waals surface area contributed by atoms with E-state index in [0.29, 0.717) is 43.9 Å².